The average Bonchev–Trinajstić information content (AvgIpc) is 3.09. The summed E-state index contributed by atoms with van der Waals surface area (Å²) in [5.74, 6) is -12.3. The maximum Gasteiger partial charge on any atom is 0.335 e. The molecule has 24 heteroatoms. The van der Waals surface area contributed by atoms with Crippen LogP contribution in [0.5, 0.6) is 0 Å². The highest BCUT2D eigenvalue weighted by Crippen LogP contribution is 2.05. The third-order valence-electron chi connectivity index (χ3n) is 4.57. The van der Waals surface area contributed by atoms with Crippen LogP contribution in [0, 0.1) is 5.92 Å². The van der Waals surface area contributed by atoms with E-state index in [1.807, 2.05) is 0 Å². The van der Waals surface area contributed by atoms with E-state index in [-0.39, 0.29) is 38.0 Å². The SMILES string of the molecule is CC(=O)O.CC(C)C(=O)O.CCC(=O)O.O=C(O)/C=C\C(=O)O.O=C(O)CC(=O)O.O=C(O)CCC(=O)O.O=C(O)CCCCCCC(=O)O.O=C(O)c1ccccc1. The smallest absolute Gasteiger partial charge is 0.335 e. The quantitative estimate of drug-likeness (QED) is 0.0607. The molecule has 0 radical (unpaired) electrons. The van der Waals surface area contributed by atoms with Gasteiger partial charge in [0.15, 0.2) is 0 Å². The molecule has 0 aliphatic heterocycles. The average molecular weight is 857 g/mol. The van der Waals surface area contributed by atoms with Gasteiger partial charge in [0, 0.05) is 38.3 Å². The second kappa shape index (κ2) is 46.8. The molecule has 0 saturated carbocycles. The van der Waals surface area contributed by atoms with Gasteiger partial charge in [0.25, 0.3) is 5.97 Å². The second-order valence-electron chi connectivity index (χ2n) is 10.4. The van der Waals surface area contributed by atoms with Gasteiger partial charge in [0.1, 0.15) is 6.42 Å². The Morgan fingerprint density at radius 1 is 0.475 bits per heavy atom. The Hall–Kier alpha value is -7.40. The molecule has 0 spiro atoms. The topological polar surface area (TPSA) is 448 Å². The lowest BCUT2D eigenvalue weighted by Crippen LogP contribution is -2.03. The van der Waals surface area contributed by atoms with Crippen molar-refractivity contribution in [1.29, 1.82) is 0 Å². The molecule has 1 rings (SSSR count). The van der Waals surface area contributed by atoms with Crippen LogP contribution in [-0.2, 0) is 52.7 Å². The molecule has 0 unspecified atom stereocenters. The molecule has 0 atom stereocenters. The van der Waals surface area contributed by atoms with E-state index in [1.165, 1.54) is 0 Å². The fourth-order valence-corrected chi connectivity index (χ4v) is 1.97. The first-order chi connectivity index (χ1) is 27.0. The number of carboxylic acids is 12. The van der Waals surface area contributed by atoms with Crippen molar-refractivity contribution in [2.75, 3.05) is 0 Å². The van der Waals surface area contributed by atoms with Crippen molar-refractivity contribution >= 4 is 71.6 Å². The van der Waals surface area contributed by atoms with Gasteiger partial charge in [-0.15, -0.1) is 0 Å². The number of unbranched alkanes of at least 4 members (excludes halogenated alkanes) is 3. The van der Waals surface area contributed by atoms with Gasteiger partial charge in [-0.3, -0.25) is 43.2 Å². The Kier molecular flexibility index (Phi) is 52.6. The van der Waals surface area contributed by atoms with Crippen molar-refractivity contribution in [3.63, 3.8) is 0 Å². The highest BCUT2D eigenvalue weighted by atomic mass is 16.4. The second-order valence-corrected chi connectivity index (χ2v) is 10.4. The first-order valence-corrected chi connectivity index (χ1v) is 16.3. The molecule has 12 N–H and O–H groups in total. The molecule has 0 bridgehead atoms. The third-order valence-corrected chi connectivity index (χ3v) is 4.57. The number of rotatable bonds is 17. The van der Waals surface area contributed by atoms with E-state index in [2.05, 4.69) is 0 Å². The van der Waals surface area contributed by atoms with E-state index < -0.39 is 78.1 Å². The van der Waals surface area contributed by atoms with Crippen molar-refractivity contribution in [1.82, 2.24) is 0 Å². The number of aromatic carboxylic acids is 1. The Morgan fingerprint density at radius 3 is 0.881 bits per heavy atom. The van der Waals surface area contributed by atoms with Crippen LogP contribution in [0.25, 0.3) is 0 Å². The van der Waals surface area contributed by atoms with Crippen molar-refractivity contribution in [3.05, 3.63) is 48.0 Å². The summed E-state index contributed by atoms with van der Waals surface area (Å²) in [5, 5.41) is 94.9. The Morgan fingerprint density at radius 2 is 0.746 bits per heavy atom. The summed E-state index contributed by atoms with van der Waals surface area (Å²) in [6.07, 6.45) is 3.22. The molecule has 0 fully saturated rings. The van der Waals surface area contributed by atoms with E-state index >= 15 is 0 Å². The molecular weight excluding hydrogens is 804 g/mol. The zero-order chi connectivity index (χ0) is 48.1. The summed E-state index contributed by atoms with van der Waals surface area (Å²) < 4.78 is 0. The highest BCUT2D eigenvalue weighted by molar-refractivity contribution is 5.90. The van der Waals surface area contributed by atoms with Gasteiger partial charge in [-0.05, 0) is 25.0 Å². The van der Waals surface area contributed by atoms with E-state index in [0.717, 1.165) is 19.8 Å². The number of carboxylic acid groups (broad SMARTS) is 12. The minimum Gasteiger partial charge on any atom is -0.481 e. The summed E-state index contributed by atoms with van der Waals surface area (Å²) >= 11 is 0. The zero-order valence-corrected chi connectivity index (χ0v) is 32.5. The van der Waals surface area contributed by atoms with Gasteiger partial charge in [-0.25, -0.2) is 14.4 Å². The maximum atomic E-state index is 10.2. The van der Waals surface area contributed by atoms with Gasteiger partial charge in [0.05, 0.1) is 24.3 Å². The molecule has 336 valence electrons. The van der Waals surface area contributed by atoms with E-state index in [1.54, 1.807) is 51.1 Å². The number of aliphatic carboxylic acids is 11. The van der Waals surface area contributed by atoms with Crippen LogP contribution in [0.15, 0.2) is 42.5 Å². The fraction of sp³-hybridized carbons (Fsp3) is 0.429. The molecular formula is C35H52O24. The van der Waals surface area contributed by atoms with Crippen LogP contribution < -0.4 is 0 Å². The van der Waals surface area contributed by atoms with Crippen LogP contribution in [-0.4, -0.2) is 133 Å². The first kappa shape index (κ1) is 66.4. The Bertz CT molecular complexity index is 1380. The molecule has 59 heavy (non-hydrogen) atoms. The zero-order valence-electron chi connectivity index (χ0n) is 32.5. The van der Waals surface area contributed by atoms with Gasteiger partial charge >= 0.3 is 65.7 Å². The summed E-state index contributed by atoms with van der Waals surface area (Å²) in [6.45, 7) is 5.97. The summed E-state index contributed by atoms with van der Waals surface area (Å²) in [7, 11) is 0. The number of benzene rings is 1. The van der Waals surface area contributed by atoms with Crippen molar-refractivity contribution in [3.8, 4) is 0 Å². The van der Waals surface area contributed by atoms with Gasteiger partial charge in [-0.2, -0.15) is 0 Å². The largest absolute Gasteiger partial charge is 0.481 e. The van der Waals surface area contributed by atoms with Crippen LogP contribution >= 0.6 is 0 Å². The molecule has 1 aromatic rings. The summed E-state index contributed by atoms with van der Waals surface area (Å²) in [6, 6.07) is 8.30. The van der Waals surface area contributed by atoms with Gasteiger partial charge < -0.3 is 61.3 Å². The standard InChI is InChI=1S/C8H14O4.C7H6O2.C4H6O4.C4H4O4.C4H8O2.C3H4O4.C3H6O2.C2H4O2/c9-7(10)5-3-1-2-4-6-8(11)12;8-7(9)6-4-2-1-3-5-6;2*5-3(6)1-2-4(7)8;1-3(2)4(5)6;4-2(5)1-3(6)7;1-2-3(4)5;1-2(3)4/h1-6H2,(H,9,10)(H,11,12);1-5H,(H,8,9);1-2H2,(H,5,6)(H,7,8);1-2H,(H,5,6)(H,7,8);3H,1-2H3,(H,5,6);1H2,(H,4,5)(H,6,7);2H2,1H3,(H,4,5);1H3,(H,3,4)/b;;;2-1-;;;;. The molecule has 0 heterocycles. The van der Waals surface area contributed by atoms with Crippen LogP contribution in [0.3, 0.4) is 0 Å². The fourth-order valence-electron chi connectivity index (χ4n) is 1.97. The summed E-state index contributed by atoms with van der Waals surface area (Å²) in [5.41, 5.74) is 0.331. The molecule has 0 aromatic heterocycles. The molecule has 0 saturated heterocycles. The Labute approximate surface area is 336 Å². The lowest BCUT2D eigenvalue weighted by Gasteiger charge is -1.96. The van der Waals surface area contributed by atoms with Crippen LogP contribution in [0.2, 0.25) is 0 Å². The predicted octanol–water partition coefficient (Wildman–Crippen LogP) is 3.37. The molecule has 1 aromatic carbocycles. The van der Waals surface area contributed by atoms with Crippen molar-refractivity contribution in [2.24, 2.45) is 5.92 Å². The van der Waals surface area contributed by atoms with E-state index in [0.29, 0.717) is 30.6 Å². The normalized spacial score (nSPS) is 8.69. The molecule has 0 amide bonds. The van der Waals surface area contributed by atoms with Crippen molar-refractivity contribution < 1.29 is 119 Å². The molecule has 0 aliphatic rings. The Balaban J connectivity index is -0.000000107. The van der Waals surface area contributed by atoms with Crippen LogP contribution in [0.4, 0.5) is 0 Å². The van der Waals surface area contributed by atoms with Crippen molar-refractivity contribution in [2.45, 2.75) is 91.9 Å². The minimum absolute atomic E-state index is 0.188. The number of carbonyl (C=O) groups is 12. The molecule has 24 nitrogen and oxygen atoms in total. The first-order valence-electron chi connectivity index (χ1n) is 16.3. The predicted molar refractivity (Wildman–Crippen MR) is 199 cm³/mol. The summed E-state index contributed by atoms with van der Waals surface area (Å²) in [4.78, 5) is 116. The lowest BCUT2D eigenvalue weighted by molar-refractivity contribution is -0.148. The third kappa shape index (κ3) is 106. The number of hydrogen-bond donors (Lipinski definition) is 12. The maximum absolute atomic E-state index is 10.2. The van der Waals surface area contributed by atoms with Gasteiger partial charge in [0.2, 0.25) is 0 Å². The monoisotopic (exact) mass is 856 g/mol. The molecule has 0 aliphatic carbocycles. The van der Waals surface area contributed by atoms with Gasteiger partial charge in [-0.1, -0.05) is 51.8 Å². The van der Waals surface area contributed by atoms with E-state index in [4.69, 9.17) is 66.1 Å². The van der Waals surface area contributed by atoms with Crippen LogP contribution in [0.1, 0.15) is 102 Å². The number of hydrogen-bond acceptors (Lipinski definition) is 12. The highest BCUT2D eigenvalue weighted by Gasteiger charge is 2.02. The lowest BCUT2D eigenvalue weighted by atomic mass is 10.1. The van der Waals surface area contributed by atoms with E-state index in [9.17, 15) is 52.7 Å². The minimum atomic E-state index is -1.31.